The molecule has 0 aliphatic rings. The fourth-order valence-electron chi connectivity index (χ4n) is 2.41. The molecule has 24 heavy (non-hydrogen) atoms. The van der Waals surface area contributed by atoms with Crippen molar-refractivity contribution in [3.8, 4) is 0 Å². The first-order chi connectivity index (χ1) is 11.3. The van der Waals surface area contributed by atoms with Crippen molar-refractivity contribution in [3.05, 3.63) is 65.2 Å². The van der Waals surface area contributed by atoms with Gasteiger partial charge in [0, 0.05) is 11.3 Å². The molecule has 0 aromatic heterocycles. The molecule has 0 heterocycles. The zero-order valence-corrected chi connectivity index (χ0v) is 14.9. The van der Waals surface area contributed by atoms with Gasteiger partial charge in [-0.2, -0.15) is 0 Å². The van der Waals surface area contributed by atoms with E-state index in [1.807, 2.05) is 38.1 Å². The van der Waals surface area contributed by atoms with Crippen molar-refractivity contribution < 1.29 is 13.2 Å². The van der Waals surface area contributed by atoms with E-state index in [4.69, 9.17) is 0 Å². The summed E-state index contributed by atoms with van der Waals surface area (Å²) in [5.41, 5.74) is 2.95. The Morgan fingerprint density at radius 3 is 2.50 bits per heavy atom. The number of amides is 1. The average Bonchev–Trinajstić information content (AvgIpc) is 2.55. The molecule has 1 atom stereocenters. The van der Waals surface area contributed by atoms with Crippen LogP contribution in [0.25, 0.3) is 0 Å². The Balaban J connectivity index is 2.14. The summed E-state index contributed by atoms with van der Waals surface area (Å²) in [5, 5.41) is 2.94. The molecule has 2 N–H and O–H groups in total. The molecule has 0 saturated carbocycles. The molecule has 0 radical (unpaired) electrons. The van der Waals surface area contributed by atoms with Crippen molar-refractivity contribution >= 4 is 21.6 Å². The van der Waals surface area contributed by atoms with Crippen LogP contribution in [0, 0.1) is 6.92 Å². The summed E-state index contributed by atoms with van der Waals surface area (Å²) in [7, 11) is -3.37. The Hall–Kier alpha value is -2.34. The first-order valence-electron chi connectivity index (χ1n) is 7.79. The maximum atomic E-state index is 12.4. The quantitative estimate of drug-likeness (QED) is 0.843. The van der Waals surface area contributed by atoms with Crippen molar-refractivity contribution in [2.75, 3.05) is 10.5 Å². The normalized spacial score (nSPS) is 12.5. The zero-order chi connectivity index (χ0) is 17.7. The van der Waals surface area contributed by atoms with Crippen LogP contribution in [0.5, 0.6) is 0 Å². The second kappa shape index (κ2) is 7.49. The number of aryl methyl sites for hydroxylation is 1. The lowest BCUT2D eigenvalue weighted by atomic mass is 10.0. The largest absolute Gasteiger partial charge is 0.346 e. The van der Waals surface area contributed by atoms with E-state index in [9.17, 15) is 13.2 Å². The third-order valence-electron chi connectivity index (χ3n) is 3.78. The smallest absolute Gasteiger partial charge is 0.251 e. The first kappa shape index (κ1) is 18.0. The molecule has 2 aromatic carbocycles. The van der Waals surface area contributed by atoms with Crippen LogP contribution in [-0.4, -0.2) is 20.1 Å². The summed E-state index contributed by atoms with van der Waals surface area (Å²) in [4.78, 5) is 12.4. The van der Waals surface area contributed by atoms with E-state index in [0.29, 0.717) is 11.3 Å². The highest BCUT2D eigenvalue weighted by Crippen LogP contribution is 2.18. The third kappa shape index (κ3) is 4.58. The Bertz CT molecular complexity index is 832. The zero-order valence-electron chi connectivity index (χ0n) is 14.0. The van der Waals surface area contributed by atoms with E-state index in [-0.39, 0.29) is 17.7 Å². The maximum Gasteiger partial charge on any atom is 0.251 e. The summed E-state index contributed by atoms with van der Waals surface area (Å²) >= 11 is 0. The Morgan fingerprint density at radius 2 is 1.83 bits per heavy atom. The molecule has 0 spiro atoms. The Morgan fingerprint density at radius 1 is 1.12 bits per heavy atom. The highest BCUT2D eigenvalue weighted by atomic mass is 32.2. The fourth-order valence-corrected chi connectivity index (χ4v) is 3.04. The van der Waals surface area contributed by atoms with Gasteiger partial charge in [-0.1, -0.05) is 30.3 Å². The number of benzene rings is 2. The molecule has 1 amide bonds. The molecule has 2 aromatic rings. The van der Waals surface area contributed by atoms with Crippen LogP contribution in [0.3, 0.4) is 0 Å². The fraction of sp³-hybridized carbons (Fsp3) is 0.278. The molecule has 0 bridgehead atoms. The molecular formula is C18H22N2O3S. The lowest BCUT2D eigenvalue weighted by Crippen LogP contribution is -2.27. The van der Waals surface area contributed by atoms with Crippen molar-refractivity contribution in [1.29, 1.82) is 0 Å². The summed E-state index contributed by atoms with van der Waals surface area (Å²) in [6, 6.07) is 14.2. The van der Waals surface area contributed by atoms with Gasteiger partial charge < -0.3 is 5.32 Å². The van der Waals surface area contributed by atoms with E-state index < -0.39 is 10.0 Å². The molecule has 0 fully saturated rings. The molecular weight excluding hydrogens is 324 g/mol. The Kier molecular flexibility index (Phi) is 5.62. The predicted molar refractivity (Wildman–Crippen MR) is 96.6 cm³/mol. The van der Waals surface area contributed by atoms with E-state index in [2.05, 4.69) is 10.0 Å². The second-order valence-electron chi connectivity index (χ2n) is 5.64. The lowest BCUT2D eigenvalue weighted by molar-refractivity contribution is 0.0940. The monoisotopic (exact) mass is 346 g/mol. The third-order valence-corrected chi connectivity index (χ3v) is 5.09. The number of carbonyl (C=O) groups excluding carboxylic acids is 1. The van der Waals surface area contributed by atoms with Crippen molar-refractivity contribution in [2.24, 2.45) is 0 Å². The van der Waals surface area contributed by atoms with Crippen molar-refractivity contribution in [2.45, 2.75) is 26.8 Å². The van der Waals surface area contributed by atoms with Crippen LogP contribution >= 0.6 is 0 Å². The van der Waals surface area contributed by atoms with Gasteiger partial charge >= 0.3 is 0 Å². The van der Waals surface area contributed by atoms with E-state index >= 15 is 0 Å². The summed E-state index contributed by atoms with van der Waals surface area (Å²) in [6.07, 6.45) is 0. The number of anilines is 1. The number of nitrogens with one attached hydrogen (secondary N) is 2. The van der Waals surface area contributed by atoms with Crippen LogP contribution in [0.2, 0.25) is 0 Å². The lowest BCUT2D eigenvalue weighted by Gasteiger charge is -2.17. The van der Waals surface area contributed by atoms with Crippen LogP contribution in [0.1, 0.15) is 41.4 Å². The van der Waals surface area contributed by atoms with Gasteiger partial charge in [-0.15, -0.1) is 0 Å². The number of hydrogen-bond acceptors (Lipinski definition) is 3. The molecule has 6 heteroatoms. The summed E-state index contributed by atoms with van der Waals surface area (Å²) in [5.74, 6) is -0.267. The molecule has 2 rings (SSSR count). The minimum absolute atomic E-state index is 0.0201. The van der Waals surface area contributed by atoms with Gasteiger partial charge in [0.1, 0.15) is 0 Å². The molecule has 0 saturated heterocycles. The number of hydrogen-bond donors (Lipinski definition) is 2. The van der Waals surface area contributed by atoms with Crippen molar-refractivity contribution in [3.63, 3.8) is 0 Å². The standard InChI is InChI=1S/C18H22N2O3S/c1-4-24(22,23)20-16-10-7-9-15(12-16)18(21)19-14(3)17-11-6-5-8-13(17)2/h5-12,14,20H,4H2,1-3H3,(H,19,21)/t14-/m0/s1. The van der Waals surface area contributed by atoms with Crippen molar-refractivity contribution in [1.82, 2.24) is 5.32 Å². The number of sulfonamides is 1. The summed E-state index contributed by atoms with van der Waals surface area (Å²) in [6.45, 7) is 5.48. The number of rotatable bonds is 6. The molecule has 0 aliphatic carbocycles. The maximum absolute atomic E-state index is 12.4. The van der Waals surface area contributed by atoms with Gasteiger partial charge in [-0.3, -0.25) is 9.52 Å². The summed E-state index contributed by atoms with van der Waals surface area (Å²) < 4.78 is 25.7. The average molecular weight is 346 g/mol. The van der Waals surface area contributed by atoms with Gasteiger partial charge in [0.2, 0.25) is 10.0 Å². The topological polar surface area (TPSA) is 75.3 Å². The molecule has 5 nitrogen and oxygen atoms in total. The van der Waals surface area contributed by atoms with E-state index in [1.54, 1.807) is 25.1 Å². The van der Waals surface area contributed by atoms with Crippen LogP contribution in [-0.2, 0) is 10.0 Å². The van der Waals surface area contributed by atoms with Gasteiger partial charge in [0.15, 0.2) is 0 Å². The molecule has 0 unspecified atom stereocenters. The highest BCUT2D eigenvalue weighted by molar-refractivity contribution is 7.92. The Labute approximate surface area is 143 Å². The minimum Gasteiger partial charge on any atom is -0.346 e. The van der Waals surface area contributed by atoms with Crippen LogP contribution in [0.15, 0.2) is 48.5 Å². The van der Waals surface area contributed by atoms with E-state index in [0.717, 1.165) is 11.1 Å². The van der Waals surface area contributed by atoms with E-state index in [1.165, 1.54) is 6.07 Å². The minimum atomic E-state index is -3.37. The molecule has 0 aliphatic heterocycles. The SMILES string of the molecule is CCS(=O)(=O)Nc1cccc(C(=O)N[C@@H](C)c2ccccc2C)c1. The number of carbonyl (C=O) groups is 1. The van der Waals surface area contributed by atoms with Gasteiger partial charge in [-0.05, 0) is 50.1 Å². The van der Waals surface area contributed by atoms with Crippen LogP contribution in [0.4, 0.5) is 5.69 Å². The predicted octanol–water partition coefficient (Wildman–Crippen LogP) is 3.25. The van der Waals surface area contributed by atoms with Gasteiger partial charge in [0.25, 0.3) is 5.91 Å². The first-order valence-corrected chi connectivity index (χ1v) is 9.44. The van der Waals surface area contributed by atoms with Gasteiger partial charge in [0.05, 0.1) is 11.8 Å². The molecule has 128 valence electrons. The highest BCUT2D eigenvalue weighted by Gasteiger charge is 2.14. The van der Waals surface area contributed by atoms with Gasteiger partial charge in [-0.25, -0.2) is 8.42 Å². The second-order valence-corrected chi connectivity index (χ2v) is 7.65. The van der Waals surface area contributed by atoms with Crippen LogP contribution < -0.4 is 10.0 Å².